The lowest BCUT2D eigenvalue weighted by atomic mass is 10.1. The number of methoxy groups -OCH3 is 2. The molecular weight excluding hydrogens is 406 g/mol. The highest BCUT2D eigenvalue weighted by Gasteiger charge is 2.21. The normalized spacial score (nSPS) is 10.8. The van der Waals surface area contributed by atoms with Crippen LogP contribution in [0.1, 0.15) is 30.2 Å². The number of amides is 1. The maximum absolute atomic E-state index is 12.3. The molecule has 1 amide bonds. The van der Waals surface area contributed by atoms with Gasteiger partial charge >= 0.3 is 0 Å². The molecule has 0 radical (unpaired) electrons. The molecule has 0 saturated carbocycles. The molecule has 3 rings (SSSR count). The molecule has 0 spiro atoms. The van der Waals surface area contributed by atoms with E-state index in [1.54, 1.807) is 18.9 Å². The SMILES string of the molecule is CCc1nn(-c2ccc(OC)cc2)c(Oc2ccc(C)cc2)c1CCC(=O)NCCOC. The molecule has 170 valence electrons. The van der Waals surface area contributed by atoms with E-state index >= 15 is 0 Å². The molecule has 1 aromatic heterocycles. The number of nitrogens with one attached hydrogen (secondary N) is 1. The van der Waals surface area contributed by atoms with Gasteiger partial charge in [-0.15, -0.1) is 0 Å². The molecule has 7 heteroatoms. The molecule has 0 atom stereocenters. The van der Waals surface area contributed by atoms with Crippen molar-refractivity contribution in [1.29, 1.82) is 0 Å². The first-order valence-corrected chi connectivity index (χ1v) is 10.8. The van der Waals surface area contributed by atoms with E-state index in [1.165, 1.54) is 0 Å². The zero-order chi connectivity index (χ0) is 22.9. The van der Waals surface area contributed by atoms with Crippen molar-refractivity contribution in [3.8, 4) is 23.1 Å². The third-order valence-corrected chi connectivity index (χ3v) is 5.14. The Kier molecular flexibility index (Phi) is 8.27. The molecule has 1 N–H and O–H groups in total. The highest BCUT2D eigenvalue weighted by molar-refractivity contribution is 5.76. The van der Waals surface area contributed by atoms with Crippen LogP contribution >= 0.6 is 0 Å². The van der Waals surface area contributed by atoms with Crippen molar-refractivity contribution in [2.45, 2.75) is 33.1 Å². The van der Waals surface area contributed by atoms with E-state index < -0.39 is 0 Å². The Morgan fingerprint density at radius 3 is 2.34 bits per heavy atom. The number of rotatable bonds is 11. The molecule has 0 aliphatic heterocycles. The molecule has 0 aliphatic rings. The van der Waals surface area contributed by atoms with Crippen molar-refractivity contribution in [2.75, 3.05) is 27.4 Å². The molecule has 0 unspecified atom stereocenters. The van der Waals surface area contributed by atoms with Gasteiger partial charge in [-0.2, -0.15) is 5.10 Å². The third-order valence-electron chi connectivity index (χ3n) is 5.14. The topological polar surface area (TPSA) is 74.6 Å². The number of carbonyl (C=O) groups excluding carboxylic acids is 1. The van der Waals surface area contributed by atoms with E-state index in [2.05, 4.69) is 12.2 Å². The molecule has 1 heterocycles. The summed E-state index contributed by atoms with van der Waals surface area (Å²) in [5.41, 5.74) is 3.86. The average Bonchev–Trinajstić information content (AvgIpc) is 3.16. The van der Waals surface area contributed by atoms with Crippen molar-refractivity contribution < 1.29 is 19.0 Å². The summed E-state index contributed by atoms with van der Waals surface area (Å²) < 4.78 is 18.4. The Bertz CT molecular complexity index is 1010. The lowest BCUT2D eigenvalue weighted by Gasteiger charge is -2.12. The average molecular weight is 438 g/mol. The van der Waals surface area contributed by atoms with Crippen LogP contribution in [0.2, 0.25) is 0 Å². The van der Waals surface area contributed by atoms with E-state index in [9.17, 15) is 4.79 Å². The Labute approximate surface area is 189 Å². The van der Waals surface area contributed by atoms with Gasteiger partial charge in [0.05, 0.1) is 25.1 Å². The van der Waals surface area contributed by atoms with E-state index in [4.69, 9.17) is 19.3 Å². The lowest BCUT2D eigenvalue weighted by Crippen LogP contribution is -2.27. The minimum absolute atomic E-state index is 0.0254. The summed E-state index contributed by atoms with van der Waals surface area (Å²) in [4.78, 5) is 12.3. The second kappa shape index (κ2) is 11.3. The summed E-state index contributed by atoms with van der Waals surface area (Å²) in [5, 5.41) is 7.69. The predicted octanol–water partition coefficient (Wildman–Crippen LogP) is 4.24. The molecule has 7 nitrogen and oxygen atoms in total. The zero-order valence-electron chi connectivity index (χ0n) is 19.2. The Balaban J connectivity index is 1.94. The fraction of sp³-hybridized carbons (Fsp3) is 0.360. The van der Waals surface area contributed by atoms with Crippen molar-refractivity contribution in [1.82, 2.24) is 15.1 Å². The number of hydrogen-bond acceptors (Lipinski definition) is 5. The van der Waals surface area contributed by atoms with Crippen LogP contribution in [0.15, 0.2) is 48.5 Å². The van der Waals surface area contributed by atoms with Crippen LogP contribution in [-0.2, 0) is 22.4 Å². The summed E-state index contributed by atoms with van der Waals surface area (Å²) >= 11 is 0. The van der Waals surface area contributed by atoms with Gasteiger partial charge in [0.1, 0.15) is 11.5 Å². The van der Waals surface area contributed by atoms with E-state index in [-0.39, 0.29) is 5.91 Å². The fourth-order valence-corrected chi connectivity index (χ4v) is 3.35. The first-order valence-electron chi connectivity index (χ1n) is 10.8. The molecule has 0 saturated heterocycles. The van der Waals surface area contributed by atoms with Crippen molar-refractivity contribution in [3.63, 3.8) is 0 Å². The Morgan fingerprint density at radius 2 is 1.72 bits per heavy atom. The molecule has 0 aliphatic carbocycles. The highest BCUT2D eigenvalue weighted by Crippen LogP contribution is 2.32. The minimum atomic E-state index is -0.0254. The Morgan fingerprint density at radius 1 is 1.03 bits per heavy atom. The molecule has 0 bridgehead atoms. The van der Waals surface area contributed by atoms with Crippen LogP contribution in [0.4, 0.5) is 0 Å². The number of benzene rings is 2. The van der Waals surface area contributed by atoms with Gasteiger partial charge in [0.15, 0.2) is 0 Å². The van der Waals surface area contributed by atoms with Crippen LogP contribution < -0.4 is 14.8 Å². The fourth-order valence-electron chi connectivity index (χ4n) is 3.35. The monoisotopic (exact) mass is 437 g/mol. The number of hydrogen-bond donors (Lipinski definition) is 1. The largest absolute Gasteiger partial charge is 0.497 e. The van der Waals surface area contributed by atoms with E-state index in [0.717, 1.165) is 40.4 Å². The summed E-state index contributed by atoms with van der Waals surface area (Å²) in [6, 6.07) is 15.5. The van der Waals surface area contributed by atoms with Gasteiger partial charge in [-0.25, -0.2) is 4.68 Å². The quantitative estimate of drug-likeness (QED) is 0.454. The van der Waals surface area contributed by atoms with Gasteiger partial charge in [0, 0.05) is 25.6 Å². The highest BCUT2D eigenvalue weighted by atomic mass is 16.5. The summed E-state index contributed by atoms with van der Waals surface area (Å²) in [7, 11) is 3.25. The van der Waals surface area contributed by atoms with E-state index in [1.807, 2.05) is 55.5 Å². The molecule has 2 aromatic carbocycles. The maximum atomic E-state index is 12.3. The van der Waals surface area contributed by atoms with Gasteiger partial charge in [-0.05, 0) is 56.2 Å². The number of ether oxygens (including phenoxy) is 3. The lowest BCUT2D eigenvalue weighted by molar-refractivity contribution is -0.121. The first kappa shape index (κ1) is 23.3. The standard InChI is InChI=1S/C25H31N3O4/c1-5-23-22(14-15-24(29)26-16-17-30-3)25(32-21-10-6-18(2)7-11-21)28(27-23)19-8-12-20(31-4)13-9-19/h6-13H,5,14-17H2,1-4H3,(H,26,29). The summed E-state index contributed by atoms with van der Waals surface area (Å²) in [6.45, 7) is 5.07. The van der Waals surface area contributed by atoms with Gasteiger partial charge in [0.2, 0.25) is 11.8 Å². The number of aromatic nitrogens is 2. The number of nitrogens with zero attached hydrogens (tertiary/aromatic N) is 2. The molecule has 32 heavy (non-hydrogen) atoms. The zero-order valence-corrected chi connectivity index (χ0v) is 19.2. The van der Waals surface area contributed by atoms with Crippen LogP contribution in [0.5, 0.6) is 17.4 Å². The summed E-state index contributed by atoms with van der Waals surface area (Å²) in [6.07, 6.45) is 1.60. The van der Waals surface area contributed by atoms with Crippen molar-refractivity contribution in [2.24, 2.45) is 0 Å². The second-order valence-corrected chi connectivity index (χ2v) is 7.45. The first-order chi connectivity index (χ1) is 15.5. The van der Waals surface area contributed by atoms with Gasteiger partial charge in [0.25, 0.3) is 0 Å². The Hall–Kier alpha value is -3.32. The van der Waals surface area contributed by atoms with Crippen molar-refractivity contribution in [3.05, 3.63) is 65.4 Å². The number of aryl methyl sites for hydroxylation is 2. The molecule has 3 aromatic rings. The third kappa shape index (κ3) is 5.88. The van der Waals surface area contributed by atoms with Gasteiger partial charge in [-0.1, -0.05) is 24.6 Å². The summed E-state index contributed by atoms with van der Waals surface area (Å²) in [5.74, 6) is 2.09. The predicted molar refractivity (Wildman–Crippen MR) is 124 cm³/mol. The van der Waals surface area contributed by atoms with Gasteiger partial charge in [-0.3, -0.25) is 4.79 Å². The van der Waals surface area contributed by atoms with Crippen LogP contribution in [0.25, 0.3) is 5.69 Å². The van der Waals surface area contributed by atoms with Crippen molar-refractivity contribution >= 4 is 5.91 Å². The minimum Gasteiger partial charge on any atom is -0.497 e. The van der Waals surface area contributed by atoms with E-state index in [0.29, 0.717) is 31.9 Å². The van der Waals surface area contributed by atoms with Crippen LogP contribution in [0.3, 0.4) is 0 Å². The van der Waals surface area contributed by atoms with Crippen LogP contribution in [0, 0.1) is 6.92 Å². The van der Waals surface area contributed by atoms with Crippen LogP contribution in [-0.4, -0.2) is 43.1 Å². The molecule has 0 fully saturated rings. The van der Waals surface area contributed by atoms with Gasteiger partial charge < -0.3 is 19.5 Å². The second-order valence-electron chi connectivity index (χ2n) is 7.45. The smallest absolute Gasteiger partial charge is 0.226 e. The molecular formula is C25H31N3O4. The number of carbonyl (C=O) groups is 1. The maximum Gasteiger partial charge on any atom is 0.226 e.